The molecule has 5 heteroatoms. The Morgan fingerprint density at radius 1 is 0.382 bits per heavy atom. The van der Waals surface area contributed by atoms with Crippen LogP contribution in [0.3, 0.4) is 0 Å². The minimum atomic E-state index is 0.633. The van der Waals surface area contributed by atoms with Crippen molar-refractivity contribution in [2.75, 3.05) is 0 Å². The lowest BCUT2D eigenvalue weighted by Crippen LogP contribution is -2.03. The molecule has 0 N–H and O–H groups in total. The summed E-state index contributed by atoms with van der Waals surface area (Å²) < 4.78 is 11.1. The molecule has 0 amide bonds. The Kier molecular flexibility index (Phi) is 5.57. The average Bonchev–Trinajstić information content (AvgIpc) is 3.86. The van der Waals surface area contributed by atoms with Crippen molar-refractivity contribution < 1.29 is 4.42 Å². The van der Waals surface area contributed by atoms with E-state index in [0.29, 0.717) is 5.95 Å². The van der Waals surface area contributed by atoms with Gasteiger partial charge in [0.2, 0.25) is 5.95 Å². The standard InChI is InChI=1S/C50H28N4O/c1-2-13-31-30(12-1)32-14-4-8-21-42(32)53-44-27-39-33-15-5-9-22-43(33)54(45(39)28-40(44)37-19-11-18-36(31)49(37)53)50-51-41-20-7-3-17-38(41)48(52-50)29-24-25-35-34-16-6-10-23-46(34)55-47(35)26-29/h1-28H. The lowest BCUT2D eigenvalue weighted by Gasteiger charge is -2.13. The number of hydrogen-bond donors (Lipinski definition) is 0. The molecule has 0 fully saturated rings. The van der Waals surface area contributed by atoms with Gasteiger partial charge in [-0.05, 0) is 59.7 Å². The fraction of sp³-hybridized carbons (Fsp3) is 0. The summed E-state index contributed by atoms with van der Waals surface area (Å²) in [6, 6.07) is 60.7. The molecule has 0 atom stereocenters. The van der Waals surface area contributed by atoms with Crippen LogP contribution in [0.25, 0.3) is 122 Å². The smallest absolute Gasteiger partial charge is 0.235 e. The van der Waals surface area contributed by atoms with Crippen molar-refractivity contribution in [3.8, 4) is 45.1 Å². The van der Waals surface area contributed by atoms with Crippen molar-refractivity contribution in [1.29, 1.82) is 0 Å². The van der Waals surface area contributed by atoms with Gasteiger partial charge in [-0.3, -0.25) is 4.57 Å². The van der Waals surface area contributed by atoms with Gasteiger partial charge >= 0.3 is 0 Å². The lowest BCUT2D eigenvalue weighted by atomic mass is 9.94. The van der Waals surface area contributed by atoms with Gasteiger partial charge in [-0.2, -0.15) is 0 Å². The Balaban J connectivity index is 1.13. The van der Waals surface area contributed by atoms with Crippen LogP contribution in [0.4, 0.5) is 0 Å². The van der Waals surface area contributed by atoms with Crippen LogP contribution in [0.1, 0.15) is 0 Å². The molecule has 1 aliphatic rings. The molecule has 0 bridgehead atoms. The van der Waals surface area contributed by atoms with Gasteiger partial charge in [0, 0.05) is 54.4 Å². The van der Waals surface area contributed by atoms with Crippen molar-refractivity contribution in [2.45, 2.75) is 0 Å². The highest BCUT2D eigenvalue weighted by Gasteiger charge is 2.26. The molecule has 5 nitrogen and oxygen atoms in total. The third-order valence-electron chi connectivity index (χ3n) is 11.7. The fourth-order valence-electron chi connectivity index (χ4n) is 9.32. The second kappa shape index (κ2) is 10.6. The van der Waals surface area contributed by atoms with E-state index in [2.05, 4.69) is 161 Å². The number of benzene rings is 8. The highest BCUT2D eigenvalue weighted by Crippen LogP contribution is 2.48. The topological polar surface area (TPSA) is 48.8 Å². The lowest BCUT2D eigenvalue weighted by molar-refractivity contribution is 0.669. The van der Waals surface area contributed by atoms with Gasteiger partial charge in [-0.1, -0.05) is 121 Å². The summed E-state index contributed by atoms with van der Waals surface area (Å²) in [5.74, 6) is 0.633. The molecule has 0 saturated carbocycles. The predicted octanol–water partition coefficient (Wildman–Crippen LogP) is 13.0. The maximum atomic E-state index is 6.34. The molecular weight excluding hydrogens is 673 g/mol. The summed E-state index contributed by atoms with van der Waals surface area (Å²) >= 11 is 0. The van der Waals surface area contributed by atoms with Gasteiger partial charge in [0.25, 0.3) is 0 Å². The summed E-state index contributed by atoms with van der Waals surface area (Å²) in [4.78, 5) is 10.7. The monoisotopic (exact) mass is 700 g/mol. The van der Waals surface area contributed by atoms with Crippen LogP contribution >= 0.6 is 0 Å². The highest BCUT2D eigenvalue weighted by atomic mass is 16.3. The molecule has 5 heterocycles. The quantitative estimate of drug-likeness (QED) is 0.180. The molecule has 8 aromatic carbocycles. The normalized spacial score (nSPS) is 12.4. The van der Waals surface area contributed by atoms with Crippen LogP contribution in [0.15, 0.2) is 174 Å². The van der Waals surface area contributed by atoms with Crippen molar-refractivity contribution >= 4 is 76.5 Å². The van der Waals surface area contributed by atoms with E-state index >= 15 is 0 Å². The minimum Gasteiger partial charge on any atom is -0.456 e. The summed E-state index contributed by atoms with van der Waals surface area (Å²) in [6.45, 7) is 0. The Morgan fingerprint density at radius 3 is 1.91 bits per heavy atom. The second-order valence-corrected chi connectivity index (χ2v) is 14.5. The average molecular weight is 701 g/mol. The third-order valence-corrected chi connectivity index (χ3v) is 11.7. The molecule has 0 saturated heterocycles. The van der Waals surface area contributed by atoms with E-state index in [1.54, 1.807) is 0 Å². The zero-order valence-electron chi connectivity index (χ0n) is 29.4. The van der Waals surface area contributed by atoms with E-state index in [1.165, 1.54) is 49.7 Å². The molecule has 0 spiro atoms. The third kappa shape index (κ3) is 3.86. The largest absolute Gasteiger partial charge is 0.456 e. The van der Waals surface area contributed by atoms with E-state index < -0.39 is 0 Å². The van der Waals surface area contributed by atoms with Gasteiger partial charge in [0.05, 0.1) is 39.0 Å². The van der Waals surface area contributed by atoms with Crippen molar-refractivity contribution in [3.05, 3.63) is 170 Å². The van der Waals surface area contributed by atoms with Crippen LogP contribution < -0.4 is 0 Å². The minimum absolute atomic E-state index is 0.633. The Labute approximate surface area is 313 Å². The van der Waals surface area contributed by atoms with Crippen LogP contribution in [0.2, 0.25) is 0 Å². The number of para-hydroxylation sites is 5. The number of furan rings is 1. The molecule has 0 radical (unpaired) electrons. The molecule has 254 valence electrons. The van der Waals surface area contributed by atoms with Crippen LogP contribution in [0, 0.1) is 0 Å². The van der Waals surface area contributed by atoms with Crippen LogP contribution in [-0.2, 0) is 0 Å². The van der Waals surface area contributed by atoms with Crippen LogP contribution in [0.5, 0.6) is 0 Å². The van der Waals surface area contributed by atoms with E-state index in [-0.39, 0.29) is 0 Å². The highest BCUT2D eigenvalue weighted by molar-refractivity contribution is 6.22. The summed E-state index contributed by atoms with van der Waals surface area (Å²) in [7, 11) is 0. The van der Waals surface area contributed by atoms with Gasteiger partial charge < -0.3 is 8.98 Å². The molecule has 1 aliphatic heterocycles. The Hall–Kier alpha value is -7.50. The van der Waals surface area contributed by atoms with Gasteiger partial charge in [0.1, 0.15) is 11.2 Å². The SMILES string of the molecule is c1ccc2c(c1)-c1ccccc1-n1c3cc4c5ccccc5n(-c5nc(-c6ccc7c(c6)oc6ccccc67)c6ccccc6n5)c4cc3c3cccc-2c31. The molecule has 13 rings (SSSR count). The molecule has 4 aromatic heterocycles. The molecule has 12 aromatic rings. The summed E-state index contributed by atoms with van der Waals surface area (Å²) in [5, 5.41) is 7.93. The first-order valence-electron chi connectivity index (χ1n) is 18.7. The van der Waals surface area contributed by atoms with E-state index in [4.69, 9.17) is 14.4 Å². The maximum absolute atomic E-state index is 6.34. The maximum Gasteiger partial charge on any atom is 0.235 e. The number of nitrogens with zero attached hydrogens (tertiary/aromatic N) is 4. The fourth-order valence-corrected chi connectivity index (χ4v) is 9.32. The van der Waals surface area contributed by atoms with E-state index in [1.807, 2.05) is 18.2 Å². The van der Waals surface area contributed by atoms with Gasteiger partial charge in [0.15, 0.2) is 0 Å². The first-order chi connectivity index (χ1) is 27.3. The number of fused-ring (bicyclic) bond motifs is 15. The Morgan fingerprint density at radius 2 is 1.02 bits per heavy atom. The van der Waals surface area contributed by atoms with E-state index in [9.17, 15) is 0 Å². The summed E-state index contributed by atoms with van der Waals surface area (Å²) in [5.41, 5.74) is 15.2. The van der Waals surface area contributed by atoms with Crippen molar-refractivity contribution in [3.63, 3.8) is 0 Å². The number of aromatic nitrogens is 4. The predicted molar refractivity (Wildman–Crippen MR) is 225 cm³/mol. The van der Waals surface area contributed by atoms with Crippen molar-refractivity contribution in [2.24, 2.45) is 0 Å². The Bertz CT molecular complexity index is 3620. The van der Waals surface area contributed by atoms with Crippen LogP contribution in [-0.4, -0.2) is 19.1 Å². The van der Waals surface area contributed by atoms with Crippen molar-refractivity contribution in [1.82, 2.24) is 19.1 Å². The zero-order chi connectivity index (χ0) is 35.8. The number of rotatable bonds is 2. The molecule has 0 unspecified atom stereocenters. The second-order valence-electron chi connectivity index (χ2n) is 14.5. The summed E-state index contributed by atoms with van der Waals surface area (Å²) in [6.07, 6.45) is 0. The first kappa shape index (κ1) is 29.0. The van der Waals surface area contributed by atoms with Gasteiger partial charge in [-0.25, -0.2) is 9.97 Å². The number of hydrogen-bond acceptors (Lipinski definition) is 3. The molecule has 55 heavy (non-hydrogen) atoms. The first-order valence-corrected chi connectivity index (χ1v) is 18.7. The molecule has 0 aliphatic carbocycles. The van der Waals surface area contributed by atoms with E-state index in [0.717, 1.165) is 65.9 Å². The van der Waals surface area contributed by atoms with Gasteiger partial charge in [-0.15, -0.1) is 0 Å². The molecular formula is C50H28N4O. The zero-order valence-corrected chi connectivity index (χ0v) is 29.4.